The maximum absolute atomic E-state index is 13.9. The van der Waals surface area contributed by atoms with E-state index in [1.807, 2.05) is 0 Å². The molecule has 0 saturated carbocycles. The van der Waals surface area contributed by atoms with Gasteiger partial charge < -0.3 is 5.32 Å². The molecule has 0 amide bonds. The largest absolute Gasteiger partial charge is 0.309 e. The minimum Gasteiger partial charge on any atom is -0.309 e. The van der Waals surface area contributed by atoms with Gasteiger partial charge in [-0.25, -0.2) is 9.37 Å². The molecule has 1 aliphatic heterocycles. The van der Waals surface area contributed by atoms with Crippen molar-refractivity contribution < 1.29 is 4.39 Å². The number of halogens is 2. The van der Waals surface area contributed by atoms with Gasteiger partial charge in [-0.3, -0.25) is 4.57 Å². The molecule has 2 aromatic rings. The maximum Gasteiger partial charge on any atom is 0.147 e. The molecular weight excluding hydrogens is 253 g/mol. The standard InChI is InChI=1S/C13H13ClFN3/c14-9-3-4-10(15)12(6-9)18-8-16-7-13(18)11-2-1-5-17-11/h3-4,6-8,11,17H,1-2,5H2. The lowest BCUT2D eigenvalue weighted by molar-refractivity contribution is 0.591. The van der Waals surface area contributed by atoms with Crippen LogP contribution in [0.4, 0.5) is 4.39 Å². The normalized spacial score (nSPS) is 19.3. The van der Waals surface area contributed by atoms with Gasteiger partial charge in [-0.15, -0.1) is 0 Å². The van der Waals surface area contributed by atoms with Crippen LogP contribution in [0.2, 0.25) is 5.02 Å². The summed E-state index contributed by atoms with van der Waals surface area (Å²) in [6, 6.07) is 4.79. The van der Waals surface area contributed by atoms with Crippen molar-refractivity contribution in [2.45, 2.75) is 18.9 Å². The number of nitrogens with one attached hydrogen (secondary N) is 1. The summed E-state index contributed by atoms with van der Waals surface area (Å²) >= 11 is 5.93. The molecule has 1 aromatic heterocycles. The third-order valence-corrected chi connectivity index (χ3v) is 3.49. The van der Waals surface area contributed by atoms with Gasteiger partial charge in [0.1, 0.15) is 5.82 Å². The Hall–Kier alpha value is -1.39. The van der Waals surface area contributed by atoms with Crippen LogP contribution < -0.4 is 5.32 Å². The van der Waals surface area contributed by atoms with Gasteiger partial charge in [-0.1, -0.05) is 11.6 Å². The third kappa shape index (κ3) is 2.02. The highest BCUT2D eigenvalue weighted by molar-refractivity contribution is 6.30. The molecule has 1 N–H and O–H groups in total. The SMILES string of the molecule is Fc1ccc(Cl)cc1-n1cncc1C1CCCN1. The van der Waals surface area contributed by atoms with E-state index in [-0.39, 0.29) is 11.9 Å². The van der Waals surface area contributed by atoms with E-state index in [1.165, 1.54) is 6.07 Å². The van der Waals surface area contributed by atoms with Crippen molar-refractivity contribution in [1.29, 1.82) is 0 Å². The highest BCUT2D eigenvalue weighted by Gasteiger charge is 2.21. The molecule has 5 heteroatoms. The molecule has 1 saturated heterocycles. The molecule has 94 valence electrons. The van der Waals surface area contributed by atoms with Crippen molar-refractivity contribution in [3.8, 4) is 5.69 Å². The summed E-state index contributed by atoms with van der Waals surface area (Å²) in [6.45, 7) is 0.994. The van der Waals surface area contributed by atoms with Crippen molar-refractivity contribution in [2.24, 2.45) is 0 Å². The van der Waals surface area contributed by atoms with Gasteiger partial charge in [0.25, 0.3) is 0 Å². The first-order valence-electron chi connectivity index (χ1n) is 5.97. The van der Waals surface area contributed by atoms with Crippen LogP contribution >= 0.6 is 11.6 Å². The molecule has 1 fully saturated rings. The van der Waals surface area contributed by atoms with Crippen LogP contribution in [0.5, 0.6) is 0 Å². The van der Waals surface area contributed by atoms with E-state index in [0.29, 0.717) is 10.7 Å². The van der Waals surface area contributed by atoms with Crippen LogP contribution in [-0.2, 0) is 0 Å². The molecule has 1 unspecified atom stereocenters. The van der Waals surface area contributed by atoms with Crippen molar-refractivity contribution in [1.82, 2.24) is 14.9 Å². The fraction of sp³-hybridized carbons (Fsp3) is 0.308. The van der Waals surface area contributed by atoms with Crippen LogP contribution in [0, 0.1) is 5.82 Å². The summed E-state index contributed by atoms with van der Waals surface area (Å²) in [5.74, 6) is -0.295. The van der Waals surface area contributed by atoms with E-state index >= 15 is 0 Å². The predicted octanol–water partition coefficient (Wildman–Crippen LogP) is 3.09. The van der Waals surface area contributed by atoms with Crippen molar-refractivity contribution >= 4 is 11.6 Å². The van der Waals surface area contributed by atoms with E-state index in [4.69, 9.17) is 11.6 Å². The van der Waals surface area contributed by atoms with E-state index in [9.17, 15) is 4.39 Å². The highest BCUT2D eigenvalue weighted by Crippen LogP contribution is 2.27. The summed E-state index contributed by atoms with van der Waals surface area (Å²) in [5.41, 5.74) is 1.43. The molecule has 1 aromatic carbocycles. The lowest BCUT2D eigenvalue weighted by Crippen LogP contribution is -2.16. The zero-order valence-corrected chi connectivity index (χ0v) is 10.5. The molecule has 1 atom stereocenters. The van der Waals surface area contributed by atoms with Crippen LogP contribution in [0.3, 0.4) is 0 Å². The number of imidazole rings is 1. The molecule has 0 spiro atoms. The number of hydrogen-bond acceptors (Lipinski definition) is 2. The fourth-order valence-corrected chi connectivity index (χ4v) is 2.54. The number of aromatic nitrogens is 2. The molecule has 3 rings (SSSR count). The highest BCUT2D eigenvalue weighted by atomic mass is 35.5. The minimum absolute atomic E-state index is 0.242. The monoisotopic (exact) mass is 265 g/mol. The Balaban J connectivity index is 2.06. The topological polar surface area (TPSA) is 29.9 Å². The Morgan fingerprint density at radius 2 is 2.33 bits per heavy atom. The molecule has 0 aliphatic carbocycles. The van der Waals surface area contributed by atoms with Gasteiger partial charge in [-0.05, 0) is 37.6 Å². The van der Waals surface area contributed by atoms with Gasteiger partial charge in [0, 0.05) is 11.1 Å². The van der Waals surface area contributed by atoms with Crippen molar-refractivity contribution in [3.05, 3.63) is 47.3 Å². The maximum atomic E-state index is 13.9. The Morgan fingerprint density at radius 1 is 1.44 bits per heavy atom. The molecule has 0 bridgehead atoms. The van der Waals surface area contributed by atoms with Crippen LogP contribution in [0.15, 0.2) is 30.7 Å². The van der Waals surface area contributed by atoms with Gasteiger partial charge in [0.15, 0.2) is 0 Å². The second kappa shape index (κ2) is 4.71. The zero-order valence-electron chi connectivity index (χ0n) is 9.74. The molecule has 18 heavy (non-hydrogen) atoms. The third-order valence-electron chi connectivity index (χ3n) is 3.25. The Kier molecular flexibility index (Phi) is 3.06. The van der Waals surface area contributed by atoms with Gasteiger partial charge in [0.2, 0.25) is 0 Å². The van der Waals surface area contributed by atoms with Gasteiger partial charge in [-0.2, -0.15) is 0 Å². The quantitative estimate of drug-likeness (QED) is 0.904. The van der Waals surface area contributed by atoms with Gasteiger partial charge >= 0.3 is 0 Å². The number of hydrogen-bond donors (Lipinski definition) is 1. The smallest absolute Gasteiger partial charge is 0.147 e. The molecule has 0 radical (unpaired) electrons. The van der Waals surface area contributed by atoms with E-state index in [0.717, 1.165) is 25.1 Å². The Labute approximate surface area is 110 Å². The predicted molar refractivity (Wildman–Crippen MR) is 68.5 cm³/mol. The lowest BCUT2D eigenvalue weighted by Gasteiger charge is -2.14. The molecular formula is C13H13ClFN3. The second-order valence-electron chi connectivity index (χ2n) is 4.43. The Bertz CT molecular complexity index is 561. The molecule has 2 heterocycles. The second-order valence-corrected chi connectivity index (χ2v) is 4.87. The number of nitrogens with zero attached hydrogens (tertiary/aromatic N) is 2. The summed E-state index contributed by atoms with van der Waals surface area (Å²) in [4.78, 5) is 4.13. The summed E-state index contributed by atoms with van der Waals surface area (Å²) < 4.78 is 15.6. The first-order valence-corrected chi connectivity index (χ1v) is 6.34. The number of rotatable bonds is 2. The van der Waals surface area contributed by atoms with Crippen molar-refractivity contribution in [3.63, 3.8) is 0 Å². The first-order chi connectivity index (χ1) is 8.75. The zero-order chi connectivity index (χ0) is 12.5. The molecule has 1 aliphatic rings. The minimum atomic E-state index is -0.295. The van der Waals surface area contributed by atoms with E-state index < -0.39 is 0 Å². The average molecular weight is 266 g/mol. The molecule has 3 nitrogen and oxygen atoms in total. The summed E-state index contributed by atoms with van der Waals surface area (Å²) in [5, 5.41) is 3.91. The van der Waals surface area contributed by atoms with Gasteiger partial charge in [0.05, 0.1) is 23.9 Å². The summed E-state index contributed by atoms with van der Waals surface area (Å²) in [7, 11) is 0. The average Bonchev–Trinajstić information content (AvgIpc) is 3.00. The Morgan fingerprint density at radius 3 is 3.11 bits per heavy atom. The number of benzene rings is 1. The van der Waals surface area contributed by atoms with Crippen LogP contribution in [0.1, 0.15) is 24.6 Å². The summed E-state index contributed by atoms with van der Waals surface area (Å²) in [6.07, 6.45) is 5.59. The lowest BCUT2D eigenvalue weighted by atomic mass is 10.1. The van der Waals surface area contributed by atoms with E-state index in [1.54, 1.807) is 29.2 Å². The van der Waals surface area contributed by atoms with Crippen LogP contribution in [0.25, 0.3) is 5.69 Å². The fourth-order valence-electron chi connectivity index (χ4n) is 2.37. The van der Waals surface area contributed by atoms with E-state index in [2.05, 4.69) is 10.3 Å². The van der Waals surface area contributed by atoms with Crippen LogP contribution in [-0.4, -0.2) is 16.1 Å². The van der Waals surface area contributed by atoms with Crippen molar-refractivity contribution in [2.75, 3.05) is 6.54 Å². The first kappa shape index (κ1) is 11.7.